The third-order valence-corrected chi connectivity index (χ3v) is 4.78. The molecule has 0 bridgehead atoms. The van der Waals surface area contributed by atoms with Crippen molar-refractivity contribution in [2.75, 3.05) is 37.5 Å². The second-order valence-corrected chi connectivity index (χ2v) is 6.89. The Labute approximate surface area is 159 Å². The zero-order valence-electron chi connectivity index (χ0n) is 16.3. The second-order valence-electron chi connectivity index (χ2n) is 6.89. The number of rotatable bonds is 5. The molecular formula is C20H26N4O3. The van der Waals surface area contributed by atoms with Crippen molar-refractivity contribution in [2.45, 2.75) is 26.7 Å². The average molecular weight is 370 g/mol. The smallest absolute Gasteiger partial charge is 0.274 e. The van der Waals surface area contributed by atoms with Crippen LogP contribution in [0, 0.1) is 12.8 Å². The number of nitrogens with zero attached hydrogens (tertiary/aromatic N) is 3. The summed E-state index contributed by atoms with van der Waals surface area (Å²) in [6.45, 7) is 5.98. The first-order chi connectivity index (χ1) is 13.0. The van der Waals surface area contributed by atoms with E-state index in [1.165, 1.54) is 0 Å². The molecule has 7 nitrogen and oxygen atoms in total. The van der Waals surface area contributed by atoms with Gasteiger partial charge in [0, 0.05) is 30.5 Å². The molecule has 27 heavy (non-hydrogen) atoms. The van der Waals surface area contributed by atoms with E-state index >= 15 is 0 Å². The van der Waals surface area contributed by atoms with Crippen LogP contribution in [0.3, 0.4) is 0 Å². The van der Waals surface area contributed by atoms with Gasteiger partial charge < -0.3 is 19.7 Å². The number of anilines is 2. The Balaban J connectivity index is 1.78. The zero-order valence-corrected chi connectivity index (χ0v) is 16.3. The van der Waals surface area contributed by atoms with Crippen molar-refractivity contribution in [1.82, 2.24) is 9.97 Å². The van der Waals surface area contributed by atoms with E-state index in [-0.39, 0.29) is 5.91 Å². The number of benzene rings is 1. The molecule has 0 aliphatic carbocycles. The SMILES string of the molecule is COc1ccc(NC(=O)c2cc(C)nc(N3CCC(C)CC3)n2)cc1OC. The van der Waals surface area contributed by atoms with E-state index < -0.39 is 0 Å². The number of amides is 1. The van der Waals surface area contributed by atoms with E-state index in [1.54, 1.807) is 38.5 Å². The number of carbonyl (C=O) groups is 1. The van der Waals surface area contributed by atoms with Crippen molar-refractivity contribution in [3.63, 3.8) is 0 Å². The van der Waals surface area contributed by atoms with Crippen molar-refractivity contribution in [3.05, 3.63) is 35.7 Å². The molecule has 144 valence electrons. The topological polar surface area (TPSA) is 76.6 Å². The molecule has 1 aliphatic rings. The maximum atomic E-state index is 12.7. The lowest BCUT2D eigenvalue weighted by atomic mass is 10.00. The van der Waals surface area contributed by atoms with Crippen LogP contribution in [0.2, 0.25) is 0 Å². The summed E-state index contributed by atoms with van der Waals surface area (Å²) in [6, 6.07) is 6.93. The van der Waals surface area contributed by atoms with Crippen LogP contribution in [0.5, 0.6) is 11.5 Å². The molecule has 1 saturated heterocycles. The van der Waals surface area contributed by atoms with Crippen LogP contribution in [-0.4, -0.2) is 43.2 Å². The van der Waals surface area contributed by atoms with Crippen molar-refractivity contribution < 1.29 is 14.3 Å². The molecule has 1 aliphatic heterocycles. The van der Waals surface area contributed by atoms with Gasteiger partial charge in [0.15, 0.2) is 11.5 Å². The maximum Gasteiger partial charge on any atom is 0.274 e. The number of aromatic nitrogens is 2. The molecular weight excluding hydrogens is 344 g/mol. The largest absolute Gasteiger partial charge is 0.493 e. The van der Waals surface area contributed by atoms with Gasteiger partial charge in [0.1, 0.15) is 5.69 Å². The van der Waals surface area contributed by atoms with Crippen LogP contribution in [0.15, 0.2) is 24.3 Å². The fraction of sp³-hybridized carbons (Fsp3) is 0.450. The minimum atomic E-state index is -0.278. The van der Waals surface area contributed by atoms with Gasteiger partial charge >= 0.3 is 0 Å². The summed E-state index contributed by atoms with van der Waals surface area (Å²) in [5.74, 6) is 2.23. The van der Waals surface area contributed by atoms with E-state index in [0.717, 1.165) is 37.5 Å². The number of aryl methyl sites for hydroxylation is 1. The Morgan fingerprint density at radius 1 is 1.11 bits per heavy atom. The highest BCUT2D eigenvalue weighted by Gasteiger charge is 2.20. The molecule has 0 atom stereocenters. The second kappa shape index (κ2) is 8.24. The Kier molecular flexibility index (Phi) is 5.78. The highest BCUT2D eigenvalue weighted by molar-refractivity contribution is 6.03. The van der Waals surface area contributed by atoms with Crippen molar-refractivity contribution in [1.29, 1.82) is 0 Å². The summed E-state index contributed by atoms with van der Waals surface area (Å²) in [5.41, 5.74) is 1.74. The Bertz CT molecular complexity index is 817. The summed E-state index contributed by atoms with van der Waals surface area (Å²) >= 11 is 0. The lowest BCUT2D eigenvalue weighted by molar-refractivity contribution is 0.102. The van der Waals surface area contributed by atoms with E-state index in [4.69, 9.17) is 9.47 Å². The predicted molar refractivity (Wildman–Crippen MR) is 105 cm³/mol. The van der Waals surface area contributed by atoms with Gasteiger partial charge in [-0.15, -0.1) is 0 Å². The first-order valence-electron chi connectivity index (χ1n) is 9.14. The normalized spacial score (nSPS) is 14.7. The molecule has 2 heterocycles. The number of nitrogens with one attached hydrogen (secondary N) is 1. The van der Waals surface area contributed by atoms with Crippen LogP contribution in [0.1, 0.15) is 35.9 Å². The maximum absolute atomic E-state index is 12.7. The molecule has 1 amide bonds. The number of piperidine rings is 1. The van der Waals surface area contributed by atoms with Crippen LogP contribution in [0.4, 0.5) is 11.6 Å². The molecule has 1 aromatic carbocycles. The Morgan fingerprint density at radius 2 is 1.81 bits per heavy atom. The predicted octanol–water partition coefficient (Wildman–Crippen LogP) is 3.29. The number of hydrogen-bond acceptors (Lipinski definition) is 6. The minimum Gasteiger partial charge on any atom is -0.493 e. The van der Waals surface area contributed by atoms with Gasteiger partial charge in [-0.05, 0) is 43.9 Å². The molecule has 1 fully saturated rings. The van der Waals surface area contributed by atoms with Gasteiger partial charge in [-0.2, -0.15) is 0 Å². The molecule has 0 unspecified atom stereocenters. The fourth-order valence-electron chi connectivity index (χ4n) is 3.13. The third-order valence-electron chi connectivity index (χ3n) is 4.78. The first-order valence-corrected chi connectivity index (χ1v) is 9.14. The molecule has 3 rings (SSSR count). The summed E-state index contributed by atoms with van der Waals surface area (Å²) < 4.78 is 10.5. The molecule has 7 heteroatoms. The molecule has 1 N–H and O–H groups in total. The lowest BCUT2D eigenvalue weighted by Crippen LogP contribution is -2.34. The average Bonchev–Trinajstić information content (AvgIpc) is 2.67. The molecule has 0 saturated carbocycles. The van der Waals surface area contributed by atoms with Crippen molar-refractivity contribution in [2.24, 2.45) is 5.92 Å². The summed E-state index contributed by atoms with van der Waals surface area (Å²) in [5, 5.41) is 2.87. The van der Waals surface area contributed by atoms with Crippen molar-refractivity contribution in [3.8, 4) is 11.5 Å². The molecule has 0 spiro atoms. The number of ether oxygens (including phenoxy) is 2. The fourth-order valence-corrected chi connectivity index (χ4v) is 3.13. The quantitative estimate of drug-likeness (QED) is 0.870. The Morgan fingerprint density at radius 3 is 2.48 bits per heavy atom. The van der Waals surface area contributed by atoms with Crippen molar-refractivity contribution >= 4 is 17.5 Å². The van der Waals surface area contributed by atoms with Gasteiger partial charge in [-0.3, -0.25) is 4.79 Å². The lowest BCUT2D eigenvalue weighted by Gasteiger charge is -2.30. The van der Waals surface area contributed by atoms with E-state index in [2.05, 4.69) is 27.1 Å². The van der Waals surface area contributed by atoms with Gasteiger partial charge in [-0.25, -0.2) is 9.97 Å². The number of carbonyl (C=O) groups excluding carboxylic acids is 1. The molecule has 2 aromatic rings. The third kappa shape index (κ3) is 4.48. The van der Waals surface area contributed by atoms with Gasteiger partial charge in [-0.1, -0.05) is 6.92 Å². The standard InChI is InChI=1S/C20H26N4O3/c1-13-7-9-24(10-8-13)20-21-14(2)11-16(23-20)19(25)22-15-5-6-17(26-3)18(12-15)27-4/h5-6,11-13H,7-10H2,1-4H3,(H,22,25). The van der Waals surface area contributed by atoms with E-state index in [9.17, 15) is 4.79 Å². The van der Waals surface area contributed by atoms with Gasteiger partial charge in [0.25, 0.3) is 5.91 Å². The van der Waals surface area contributed by atoms with Crippen LogP contribution in [-0.2, 0) is 0 Å². The molecule has 0 radical (unpaired) electrons. The first kappa shape index (κ1) is 18.9. The monoisotopic (exact) mass is 370 g/mol. The zero-order chi connectivity index (χ0) is 19.4. The minimum absolute atomic E-state index is 0.278. The Hall–Kier alpha value is -2.83. The van der Waals surface area contributed by atoms with Crippen LogP contribution < -0.4 is 19.7 Å². The highest BCUT2D eigenvalue weighted by Crippen LogP contribution is 2.30. The van der Waals surface area contributed by atoms with Gasteiger partial charge in [0.2, 0.25) is 5.95 Å². The summed E-state index contributed by atoms with van der Waals surface area (Å²) in [4.78, 5) is 23.9. The van der Waals surface area contributed by atoms with Crippen LogP contribution in [0.25, 0.3) is 0 Å². The number of methoxy groups -OCH3 is 2. The molecule has 1 aromatic heterocycles. The number of hydrogen-bond donors (Lipinski definition) is 1. The van der Waals surface area contributed by atoms with E-state index in [0.29, 0.717) is 28.8 Å². The summed E-state index contributed by atoms with van der Waals surface area (Å²) in [7, 11) is 3.13. The van der Waals surface area contributed by atoms with E-state index in [1.807, 2.05) is 6.92 Å². The summed E-state index contributed by atoms with van der Waals surface area (Å²) in [6.07, 6.45) is 2.23. The van der Waals surface area contributed by atoms with Crippen LogP contribution >= 0.6 is 0 Å². The highest BCUT2D eigenvalue weighted by atomic mass is 16.5. The van der Waals surface area contributed by atoms with Gasteiger partial charge in [0.05, 0.1) is 14.2 Å².